The zero-order chi connectivity index (χ0) is 25.0. The molecule has 6 heteroatoms. The van der Waals surface area contributed by atoms with Crippen molar-refractivity contribution in [3.8, 4) is 0 Å². The molecule has 4 aromatic rings. The van der Waals surface area contributed by atoms with Crippen LogP contribution in [0.5, 0.6) is 0 Å². The zero-order valence-electron chi connectivity index (χ0n) is 21.3. The first-order chi connectivity index (χ1) is 18.2. The van der Waals surface area contributed by atoms with Gasteiger partial charge in [0.1, 0.15) is 5.82 Å². The summed E-state index contributed by atoms with van der Waals surface area (Å²) in [5.41, 5.74) is 4.72. The lowest BCUT2D eigenvalue weighted by Gasteiger charge is -2.41. The van der Waals surface area contributed by atoms with Gasteiger partial charge in [-0.2, -0.15) is 0 Å². The Morgan fingerprint density at radius 2 is 1.38 bits per heavy atom. The van der Waals surface area contributed by atoms with E-state index in [9.17, 15) is 4.79 Å². The van der Waals surface area contributed by atoms with Crippen LogP contribution in [0.25, 0.3) is 11.0 Å². The van der Waals surface area contributed by atoms with Crippen LogP contribution in [0.1, 0.15) is 35.8 Å². The van der Waals surface area contributed by atoms with Crippen LogP contribution in [-0.4, -0.2) is 69.8 Å². The Labute approximate surface area is 218 Å². The van der Waals surface area contributed by atoms with E-state index in [0.717, 1.165) is 75.5 Å². The number of rotatable bonds is 6. The number of aromatic nitrogens is 2. The number of para-hydroxylation sites is 2. The summed E-state index contributed by atoms with van der Waals surface area (Å²) in [4.78, 5) is 28.6. The summed E-state index contributed by atoms with van der Waals surface area (Å²) in [5, 5.41) is 0. The quantitative estimate of drug-likeness (QED) is 0.423. The number of aromatic amines is 1. The zero-order valence-corrected chi connectivity index (χ0v) is 21.3. The van der Waals surface area contributed by atoms with E-state index in [2.05, 4.69) is 86.4 Å². The lowest BCUT2D eigenvalue weighted by Crippen LogP contribution is -2.52. The monoisotopic (exact) mass is 493 g/mol. The van der Waals surface area contributed by atoms with Crippen molar-refractivity contribution < 1.29 is 4.79 Å². The lowest BCUT2D eigenvalue weighted by atomic mass is 9.94. The third-order valence-corrected chi connectivity index (χ3v) is 7.97. The fourth-order valence-electron chi connectivity index (χ4n) is 5.97. The third-order valence-electron chi connectivity index (χ3n) is 7.97. The molecule has 6 nitrogen and oxygen atoms in total. The van der Waals surface area contributed by atoms with Gasteiger partial charge in [0.05, 0.1) is 23.6 Å². The maximum atomic E-state index is 13.4. The van der Waals surface area contributed by atoms with Gasteiger partial charge in [-0.15, -0.1) is 0 Å². The van der Waals surface area contributed by atoms with Gasteiger partial charge < -0.3 is 9.88 Å². The summed E-state index contributed by atoms with van der Waals surface area (Å²) in [6.45, 7) is 6.09. The maximum absolute atomic E-state index is 13.4. The van der Waals surface area contributed by atoms with Crippen LogP contribution in [0.3, 0.4) is 0 Å². The van der Waals surface area contributed by atoms with Gasteiger partial charge in [-0.3, -0.25) is 14.6 Å². The molecular formula is C31H35N5O. The van der Waals surface area contributed by atoms with E-state index in [1.807, 2.05) is 18.2 Å². The lowest BCUT2D eigenvalue weighted by molar-refractivity contribution is -0.139. The number of benzene rings is 3. The molecule has 0 atom stereocenters. The number of nitrogens with one attached hydrogen (secondary N) is 1. The molecule has 2 aliphatic heterocycles. The van der Waals surface area contributed by atoms with E-state index >= 15 is 0 Å². The number of piperazine rings is 1. The van der Waals surface area contributed by atoms with Gasteiger partial charge in [-0.25, -0.2) is 4.98 Å². The summed E-state index contributed by atoms with van der Waals surface area (Å²) in [6.07, 6.45) is 1.85. The van der Waals surface area contributed by atoms with Crippen LogP contribution >= 0.6 is 0 Å². The molecule has 0 unspecified atom stereocenters. The Morgan fingerprint density at radius 1 is 0.784 bits per heavy atom. The van der Waals surface area contributed by atoms with Crippen molar-refractivity contribution in [1.29, 1.82) is 0 Å². The summed E-state index contributed by atoms with van der Waals surface area (Å²) in [7, 11) is 0. The van der Waals surface area contributed by atoms with Gasteiger partial charge in [-0.05, 0) is 49.2 Å². The molecule has 3 aromatic carbocycles. The molecule has 37 heavy (non-hydrogen) atoms. The molecule has 0 spiro atoms. The summed E-state index contributed by atoms with van der Waals surface area (Å²) in [5.74, 6) is 1.49. The van der Waals surface area contributed by atoms with E-state index in [4.69, 9.17) is 4.98 Å². The average molecular weight is 494 g/mol. The first-order valence-corrected chi connectivity index (χ1v) is 13.5. The van der Waals surface area contributed by atoms with Crippen molar-refractivity contribution >= 4 is 16.9 Å². The number of imidazole rings is 1. The fraction of sp³-hybridized carbons (Fsp3) is 0.355. The van der Waals surface area contributed by atoms with Gasteiger partial charge >= 0.3 is 0 Å². The molecule has 1 amide bonds. The van der Waals surface area contributed by atoms with Crippen molar-refractivity contribution in [2.45, 2.75) is 25.4 Å². The number of fused-ring (bicyclic) bond motifs is 1. The highest BCUT2D eigenvalue weighted by Crippen LogP contribution is 2.30. The number of amides is 1. The van der Waals surface area contributed by atoms with Gasteiger partial charge in [0, 0.05) is 32.1 Å². The van der Waals surface area contributed by atoms with Gasteiger partial charge in [0.15, 0.2) is 0 Å². The molecule has 1 aromatic heterocycles. The van der Waals surface area contributed by atoms with Gasteiger partial charge in [0.25, 0.3) is 0 Å². The Hall–Kier alpha value is -3.48. The second-order valence-electron chi connectivity index (χ2n) is 10.3. The van der Waals surface area contributed by atoms with Crippen LogP contribution in [0.4, 0.5) is 0 Å². The van der Waals surface area contributed by atoms with Crippen molar-refractivity contribution in [3.05, 3.63) is 102 Å². The second-order valence-corrected chi connectivity index (χ2v) is 10.3. The predicted molar refractivity (Wildman–Crippen MR) is 147 cm³/mol. The fourth-order valence-corrected chi connectivity index (χ4v) is 5.97. The van der Waals surface area contributed by atoms with E-state index in [0.29, 0.717) is 5.91 Å². The summed E-state index contributed by atoms with van der Waals surface area (Å²) >= 11 is 0. The van der Waals surface area contributed by atoms with Crippen LogP contribution in [0.15, 0.2) is 84.9 Å². The minimum atomic E-state index is 0.137. The second kappa shape index (κ2) is 10.9. The van der Waals surface area contributed by atoms with E-state index in [1.54, 1.807) is 0 Å². The largest absolute Gasteiger partial charge is 0.341 e. The van der Waals surface area contributed by atoms with Crippen molar-refractivity contribution in [3.63, 3.8) is 0 Å². The van der Waals surface area contributed by atoms with Crippen LogP contribution in [-0.2, 0) is 11.3 Å². The molecule has 2 fully saturated rings. The third kappa shape index (κ3) is 5.31. The molecule has 6 rings (SSSR count). The topological polar surface area (TPSA) is 55.5 Å². The highest BCUT2D eigenvalue weighted by molar-refractivity contribution is 5.79. The van der Waals surface area contributed by atoms with E-state index < -0.39 is 0 Å². The number of H-pyrrole nitrogens is 1. The summed E-state index contributed by atoms with van der Waals surface area (Å²) < 4.78 is 0. The Bertz CT molecular complexity index is 1230. The molecule has 0 radical (unpaired) electrons. The van der Waals surface area contributed by atoms with Gasteiger partial charge in [-0.1, -0.05) is 72.8 Å². The molecule has 2 saturated heterocycles. The number of hydrogen-bond acceptors (Lipinski definition) is 4. The number of carbonyl (C=O) groups is 1. The van der Waals surface area contributed by atoms with E-state index in [-0.39, 0.29) is 12.0 Å². The minimum absolute atomic E-state index is 0.137. The minimum Gasteiger partial charge on any atom is -0.341 e. The van der Waals surface area contributed by atoms with Gasteiger partial charge in [0.2, 0.25) is 5.91 Å². The normalized spacial score (nSPS) is 18.0. The number of hydrogen-bond donors (Lipinski definition) is 1. The van der Waals surface area contributed by atoms with Crippen LogP contribution in [0, 0.1) is 5.92 Å². The average Bonchev–Trinajstić information content (AvgIpc) is 3.37. The van der Waals surface area contributed by atoms with Crippen molar-refractivity contribution in [2.75, 3.05) is 39.3 Å². The van der Waals surface area contributed by atoms with Crippen molar-refractivity contribution in [1.82, 2.24) is 24.7 Å². The highest BCUT2D eigenvalue weighted by atomic mass is 16.2. The van der Waals surface area contributed by atoms with E-state index in [1.165, 1.54) is 11.1 Å². The SMILES string of the molecule is O=C(C1CCN(Cc2nc3ccccc3[nH]2)CC1)N1CCN(C(c2ccccc2)c2ccccc2)CC1. The smallest absolute Gasteiger partial charge is 0.225 e. The Morgan fingerprint density at radius 3 is 2.00 bits per heavy atom. The highest BCUT2D eigenvalue weighted by Gasteiger charge is 2.32. The van der Waals surface area contributed by atoms with Crippen molar-refractivity contribution in [2.24, 2.45) is 5.92 Å². The molecule has 0 saturated carbocycles. The number of carbonyl (C=O) groups excluding carboxylic acids is 1. The van der Waals surface area contributed by atoms with Crippen LogP contribution < -0.4 is 0 Å². The predicted octanol–water partition coefficient (Wildman–Crippen LogP) is 4.71. The van der Waals surface area contributed by atoms with Crippen LogP contribution in [0.2, 0.25) is 0 Å². The number of piperidine rings is 1. The molecular weight excluding hydrogens is 458 g/mol. The standard InChI is InChI=1S/C31H35N5O/c37-31(26-15-17-34(18-16-26)23-29-32-27-13-7-8-14-28(27)33-29)36-21-19-35(20-22-36)30(24-9-3-1-4-10-24)25-11-5-2-6-12-25/h1-14,26,30H,15-23H2,(H,32,33). The Balaban J connectivity index is 1.04. The first kappa shape index (κ1) is 23.9. The first-order valence-electron chi connectivity index (χ1n) is 13.5. The molecule has 3 heterocycles. The number of likely N-dealkylation sites (tertiary alicyclic amines) is 1. The summed E-state index contributed by atoms with van der Waals surface area (Å²) in [6, 6.07) is 29.9. The molecule has 190 valence electrons. The Kier molecular flexibility index (Phi) is 7.02. The molecule has 0 bridgehead atoms. The maximum Gasteiger partial charge on any atom is 0.225 e. The molecule has 2 aliphatic rings. The molecule has 0 aliphatic carbocycles. The molecule has 1 N–H and O–H groups in total. The number of nitrogens with zero attached hydrogens (tertiary/aromatic N) is 4.